The van der Waals surface area contributed by atoms with Crippen LogP contribution < -0.4 is 15.8 Å². The van der Waals surface area contributed by atoms with Crippen LogP contribution in [-0.4, -0.2) is 15.9 Å². The number of aromatic nitrogens is 2. The van der Waals surface area contributed by atoms with Crippen LogP contribution in [0.15, 0.2) is 48.8 Å². The van der Waals surface area contributed by atoms with Crippen LogP contribution in [0, 0.1) is 11.6 Å². The summed E-state index contributed by atoms with van der Waals surface area (Å²) in [6.07, 6.45) is 1.19. The van der Waals surface area contributed by atoms with Gasteiger partial charge < -0.3 is 15.8 Å². The average molecular weight is 391 g/mol. The molecule has 2 aromatic carbocycles. The predicted molar refractivity (Wildman–Crippen MR) is 95.8 cm³/mol. The minimum absolute atomic E-state index is 0.0455. The second kappa shape index (κ2) is 7.96. The Morgan fingerprint density at radius 2 is 1.96 bits per heavy atom. The van der Waals surface area contributed by atoms with Gasteiger partial charge in [0.25, 0.3) is 5.91 Å². The molecule has 0 saturated carbocycles. The van der Waals surface area contributed by atoms with E-state index in [4.69, 9.17) is 22.1 Å². The number of nitrogens with two attached hydrogens (primary N) is 1. The molecule has 6 nitrogen and oxygen atoms in total. The average Bonchev–Trinajstić information content (AvgIpc) is 2.65. The molecule has 0 unspecified atom stereocenters. The third-order valence-corrected chi connectivity index (χ3v) is 3.81. The van der Waals surface area contributed by atoms with Gasteiger partial charge in [-0.15, -0.1) is 0 Å². The summed E-state index contributed by atoms with van der Waals surface area (Å²) in [6, 6.07) is 9.24. The van der Waals surface area contributed by atoms with Gasteiger partial charge in [-0.3, -0.25) is 4.79 Å². The van der Waals surface area contributed by atoms with Gasteiger partial charge in [0.1, 0.15) is 41.0 Å². The minimum atomic E-state index is -0.691. The molecule has 9 heteroatoms. The first kappa shape index (κ1) is 18.5. The smallest absolute Gasteiger partial charge is 0.267 e. The second-order valence-electron chi connectivity index (χ2n) is 5.44. The van der Waals surface area contributed by atoms with Gasteiger partial charge in [0.2, 0.25) is 0 Å². The van der Waals surface area contributed by atoms with E-state index in [0.717, 1.165) is 0 Å². The molecule has 0 saturated heterocycles. The van der Waals surface area contributed by atoms with Crippen molar-refractivity contribution in [2.45, 2.75) is 6.54 Å². The Bertz CT molecular complexity index is 1000. The second-order valence-corrected chi connectivity index (χ2v) is 5.84. The van der Waals surface area contributed by atoms with Crippen LogP contribution in [0.25, 0.3) is 0 Å². The topological polar surface area (TPSA) is 90.1 Å². The molecule has 0 aliphatic carbocycles. The maximum Gasteiger partial charge on any atom is 0.267 e. The molecule has 3 aromatic rings. The zero-order valence-corrected chi connectivity index (χ0v) is 14.5. The van der Waals surface area contributed by atoms with Crippen molar-refractivity contribution in [2.75, 3.05) is 5.32 Å². The summed E-state index contributed by atoms with van der Waals surface area (Å²) in [7, 11) is 0. The number of anilines is 1. The van der Waals surface area contributed by atoms with E-state index in [1.54, 1.807) is 0 Å². The van der Waals surface area contributed by atoms with E-state index >= 15 is 0 Å². The Labute approximate surface area is 158 Å². The first-order valence-electron chi connectivity index (χ1n) is 7.69. The Morgan fingerprint density at radius 3 is 2.70 bits per heavy atom. The molecule has 1 heterocycles. The van der Waals surface area contributed by atoms with Crippen LogP contribution in [0.2, 0.25) is 5.02 Å². The number of ether oxygens (including phenoxy) is 1. The monoisotopic (exact) mass is 390 g/mol. The number of primary amides is 1. The molecule has 0 aliphatic rings. The summed E-state index contributed by atoms with van der Waals surface area (Å²) >= 11 is 5.75. The molecule has 1 amide bonds. The van der Waals surface area contributed by atoms with Crippen molar-refractivity contribution in [2.24, 2.45) is 5.73 Å². The fraction of sp³-hybridized carbons (Fsp3) is 0.0556. The molecule has 1 aromatic heterocycles. The number of carbonyl (C=O) groups is 1. The number of nitrogens with one attached hydrogen (secondary N) is 1. The molecule has 3 N–H and O–H groups in total. The molecule has 0 spiro atoms. The molecular weight excluding hydrogens is 378 g/mol. The van der Waals surface area contributed by atoms with E-state index in [0.29, 0.717) is 22.9 Å². The van der Waals surface area contributed by atoms with Crippen LogP contribution in [0.4, 0.5) is 14.6 Å². The Kier molecular flexibility index (Phi) is 5.46. The lowest BCUT2D eigenvalue weighted by Crippen LogP contribution is -2.14. The number of nitrogens with zero attached hydrogens (tertiary/aromatic N) is 2. The number of amides is 1. The fourth-order valence-electron chi connectivity index (χ4n) is 2.23. The third-order valence-electron chi connectivity index (χ3n) is 3.52. The Hall–Kier alpha value is -3.26. The summed E-state index contributed by atoms with van der Waals surface area (Å²) in [6.45, 7) is 0.136. The van der Waals surface area contributed by atoms with Crippen molar-refractivity contribution in [3.05, 3.63) is 76.7 Å². The van der Waals surface area contributed by atoms with E-state index in [-0.39, 0.29) is 17.3 Å². The van der Waals surface area contributed by atoms with Crippen molar-refractivity contribution in [3.63, 3.8) is 0 Å². The van der Waals surface area contributed by atoms with Gasteiger partial charge in [0.15, 0.2) is 0 Å². The summed E-state index contributed by atoms with van der Waals surface area (Å²) in [4.78, 5) is 18.9. The van der Waals surface area contributed by atoms with Crippen LogP contribution in [-0.2, 0) is 6.54 Å². The number of halogens is 3. The van der Waals surface area contributed by atoms with Crippen LogP contribution in [0.1, 0.15) is 16.1 Å². The van der Waals surface area contributed by atoms with Crippen molar-refractivity contribution >= 4 is 23.3 Å². The molecule has 0 fully saturated rings. The predicted octanol–water partition coefficient (Wildman–Crippen LogP) is 3.91. The zero-order valence-electron chi connectivity index (χ0n) is 13.7. The van der Waals surface area contributed by atoms with Crippen LogP contribution in [0.5, 0.6) is 11.5 Å². The normalized spacial score (nSPS) is 10.5. The lowest BCUT2D eigenvalue weighted by molar-refractivity contribution is 0.0995. The highest BCUT2D eigenvalue weighted by molar-refractivity contribution is 6.30. The van der Waals surface area contributed by atoms with Crippen molar-refractivity contribution < 1.29 is 18.3 Å². The molecule has 3 rings (SSSR count). The number of benzene rings is 2. The SMILES string of the molecule is NC(=O)c1cc(NCc2cc(F)ccc2Oc2ccc(F)c(Cl)c2)ncn1. The van der Waals surface area contributed by atoms with Gasteiger partial charge in [-0.05, 0) is 30.3 Å². The lowest BCUT2D eigenvalue weighted by atomic mass is 10.2. The van der Waals surface area contributed by atoms with E-state index < -0.39 is 17.5 Å². The van der Waals surface area contributed by atoms with Crippen molar-refractivity contribution in [3.8, 4) is 11.5 Å². The summed E-state index contributed by atoms with van der Waals surface area (Å²) in [5, 5.41) is 2.85. The van der Waals surface area contributed by atoms with Gasteiger partial charge in [-0.25, -0.2) is 18.7 Å². The van der Waals surface area contributed by atoms with E-state index in [1.807, 2.05) is 0 Å². The largest absolute Gasteiger partial charge is 0.457 e. The molecule has 0 bridgehead atoms. The maximum absolute atomic E-state index is 13.7. The van der Waals surface area contributed by atoms with Crippen LogP contribution in [0.3, 0.4) is 0 Å². The van der Waals surface area contributed by atoms with E-state index in [2.05, 4.69) is 15.3 Å². The van der Waals surface area contributed by atoms with Gasteiger partial charge in [-0.1, -0.05) is 11.6 Å². The highest BCUT2D eigenvalue weighted by Crippen LogP contribution is 2.29. The van der Waals surface area contributed by atoms with Crippen LogP contribution >= 0.6 is 11.6 Å². The lowest BCUT2D eigenvalue weighted by Gasteiger charge is -2.13. The first-order chi connectivity index (χ1) is 12.9. The summed E-state index contributed by atoms with van der Waals surface area (Å²) < 4.78 is 32.6. The maximum atomic E-state index is 13.7. The minimum Gasteiger partial charge on any atom is -0.457 e. The Balaban J connectivity index is 1.80. The third kappa shape index (κ3) is 4.68. The van der Waals surface area contributed by atoms with E-state index in [9.17, 15) is 13.6 Å². The first-order valence-corrected chi connectivity index (χ1v) is 8.07. The number of hydrogen-bond acceptors (Lipinski definition) is 5. The van der Waals surface area contributed by atoms with Gasteiger partial charge in [0.05, 0.1) is 5.02 Å². The fourth-order valence-corrected chi connectivity index (χ4v) is 2.40. The molecule has 0 aliphatic heterocycles. The molecule has 0 radical (unpaired) electrons. The van der Waals surface area contributed by atoms with E-state index in [1.165, 1.54) is 48.8 Å². The highest BCUT2D eigenvalue weighted by atomic mass is 35.5. The number of carbonyl (C=O) groups excluding carboxylic acids is 1. The molecule has 27 heavy (non-hydrogen) atoms. The standard InChI is InChI=1S/C18H13ClF2N4O2/c19-13-6-12(2-3-14(13)21)27-16-4-1-11(20)5-10(16)8-23-17-7-15(18(22)26)24-9-25-17/h1-7,9H,8H2,(H2,22,26)(H,23,24,25). The molecule has 138 valence electrons. The summed E-state index contributed by atoms with van der Waals surface area (Å²) in [5.74, 6) is -0.749. The zero-order chi connectivity index (χ0) is 19.4. The highest BCUT2D eigenvalue weighted by Gasteiger charge is 2.10. The quantitative estimate of drug-likeness (QED) is 0.666. The van der Waals surface area contributed by atoms with Gasteiger partial charge in [-0.2, -0.15) is 0 Å². The number of rotatable bonds is 6. The van der Waals surface area contributed by atoms with Gasteiger partial charge >= 0.3 is 0 Å². The molecule has 0 atom stereocenters. The van der Waals surface area contributed by atoms with Crippen molar-refractivity contribution in [1.82, 2.24) is 9.97 Å². The summed E-state index contributed by atoms with van der Waals surface area (Å²) in [5.41, 5.74) is 5.69. The van der Waals surface area contributed by atoms with Crippen molar-refractivity contribution in [1.29, 1.82) is 0 Å². The number of hydrogen-bond donors (Lipinski definition) is 2. The Morgan fingerprint density at radius 1 is 1.15 bits per heavy atom. The molecular formula is C18H13ClF2N4O2. The van der Waals surface area contributed by atoms with Gasteiger partial charge in [0, 0.05) is 24.2 Å².